The molecule has 3 amide bonds. The average molecular weight is 620 g/mol. The van der Waals surface area contributed by atoms with Crippen molar-refractivity contribution in [3.05, 3.63) is 99.5 Å². The van der Waals surface area contributed by atoms with Gasteiger partial charge in [-0.15, -0.1) is 0 Å². The van der Waals surface area contributed by atoms with E-state index in [2.05, 4.69) is 11.0 Å². The van der Waals surface area contributed by atoms with Crippen molar-refractivity contribution in [1.29, 1.82) is 5.26 Å². The van der Waals surface area contributed by atoms with Crippen LogP contribution in [-0.2, 0) is 20.9 Å². The summed E-state index contributed by atoms with van der Waals surface area (Å²) in [5, 5.41) is 10.0. The standard InChI is InChI=1S/C33H32Cl2N4O4/c1-2-43-30(40)10-6-7-15-38-32(42)39(28-17-26(34)16-27(35)18-28)31(41)33(38)22-37(20-24-8-4-3-5-9-24)21-29(33)25-13-11-23(19-36)12-14-25/h3-5,8-9,11-14,16-18,29H,2,6-7,10,15,20-22H2,1H3. The summed E-state index contributed by atoms with van der Waals surface area (Å²) in [5.41, 5.74) is 1.53. The number of halogens is 2. The summed E-state index contributed by atoms with van der Waals surface area (Å²) in [6, 6.07) is 23.6. The summed E-state index contributed by atoms with van der Waals surface area (Å²) in [5.74, 6) is -1.03. The molecule has 0 radical (unpaired) electrons. The Hall–Kier alpha value is -3.90. The average Bonchev–Trinajstić information content (AvgIpc) is 3.45. The van der Waals surface area contributed by atoms with Crippen molar-refractivity contribution in [2.45, 2.75) is 44.2 Å². The Morgan fingerprint density at radius 1 is 1.02 bits per heavy atom. The second-order valence-corrected chi connectivity index (χ2v) is 11.7. The third kappa shape index (κ3) is 6.25. The highest BCUT2D eigenvalue weighted by molar-refractivity contribution is 6.35. The number of ether oxygens (including phenoxy) is 1. The number of hydrogen-bond acceptors (Lipinski definition) is 6. The third-order valence-electron chi connectivity index (χ3n) is 8.07. The molecule has 2 atom stereocenters. The maximum Gasteiger partial charge on any atom is 0.332 e. The van der Waals surface area contributed by atoms with Crippen molar-refractivity contribution in [1.82, 2.24) is 9.80 Å². The molecule has 0 aromatic heterocycles. The van der Waals surface area contributed by atoms with E-state index in [9.17, 15) is 19.6 Å². The lowest BCUT2D eigenvalue weighted by Crippen LogP contribution is -2.55. The monoisotopic (exact) mass is 618 g/mol. The third-order valence-corrected chi connectivity index (χ3v) is 8.51. The molecule has 2 unspecified atom stereocenters. The number of amides is 3. The van der Waals surface area contributed by atoms with Gasteiger partial charge in [0.25, 0.3) is 5.91 Å². The second kappa shape index (κ2) is 13.2. The van der Waals surface area contributed by atoms with Gasteiger partial charge >= 0.3 is 12.0 Å². The van der Waals surface area contributed by atoms with Crippen molar-refractivity contribution in [2.75, 3.05) is 31.1 Å². The van der Waals surface area contributed by atoms with Gasteiger partial charge in [0.05, 0.1) is 23.9 Å². The van der Waals surface area contributed by atoms with Crippen molar-refractivity contribution in [2.24, 2.45) is 0 Å². The zero-order valence-corrected chi connectivity index (χ0v) is 25.4. The number of urea groups is 1. The number of likely N-dealkylation sites (tertiary alicyclic amines) is 1. The van der Waals surface area contributed by atoms with Gasteiger partial charge < -0.3 is 9.64 Å². The van der Waals surface area contributed by atoms with Gasteiger partial charge in [-0.05, 0) is 61.2 Å². The number of nitrogens with zero attached hydrogens (tertiary/aromatic N) is 4. The number of anilines is 1. The highest BCUT2D eigenvalue weighted by Crippen LogP contribution is 2.48. The largest absolute Gasteiger partial charge is 0.466 e. The first-order valence-electron chi connectivity index (χ1n) is 14.3. The fourth-order valence-electron chi connectivity index (χ4n) is 6.20. The van der Waals surface area contributed by atoms with E-state index in [1.807, 2.05) is 42.5 Å². The van der Waals surface area contributed by atoms with Crippen LogP contribution in [0, 0.1) is 11.3 Å². The zero-order valence-electron chi connectivity index (χ0n) is 23.8. The molecule has 0 aliphatic carbocycles. The minimum atomic E-state index is -1.24. The first kappa shape index (κ1) is 30.6. The molecule has 5 rings (SSSR count). The number of hydrogen-bond donors (Lipinski definition) is 0. The van der Waals surface area contributed by atoms with E-state index in [0.29, 0.717) is 60.4 Å². The van der Waals surface area contributed by atoms with Crippen LogP contribution in [0.3, 0.4) is 0 Å². The Morgan fingerprint density at radius 2 is 1.72 bits per heavy atom. The Morgan fingerprint density at radius 3 is 2.37 bits per heavy atom. The van der Waals surface area contributed by atoms with Crippen LogP contribution in [0.25, 0.3) is 0 Å². The quantitative estimate of drug-likeness (QED) is 0.148. The van der Waals surface area contributed by atoms with Gasteiger partial charge in [0, 0.05) is 48.6 Å². The number of esters is 1. The molecule has 10 heteroatoms. The Kier molecular flexibility index (Phi) is 9.36. The molecular weight excluding hydrogens is 587 g/mol. The van der Waals surface area contributed by atoms with Gasteiger partial charge in [-0.3, -0.25) is 14.5 Å². The molecule has 2 aliphatic heterocycles. The number of benzene rings is 3. The highest BCUT2D eigenvalue weighted by atomic mass is 35.5. The van der Waals surface area contributed by atoms with Crippen molar-refractivity contribution < 1.29 is 19.1 Å². The summed E-state index contributed by atoms with van der Waals surface area (Å²) in [6.07, 6.45) is 1.23. The van der Waals surface area contributed by atoms with Gasteiger partial charge in [0.2, 0.25) is 0 Å². The normalized spacial score (nSPS) is 20.2. The fourth-order valence-corrected chi connectivity index (χ4v) is 6.71. The predicted octanol–water partition coefficient (Wildman–Crippen LogP) is 6.41. The van der Waals surface area contributed by atoms with Crippen LogP contribution in [0.4, 0.5) is 10.5 Å². The van der Waals surface area contributed by atoms with Crippen molar-refractivity contribution in [3.63, 3.8) is 0 Å². The molecule has 1 spiro atoms. The fraction of sp³-hybridized carbons (Fsp3) is 0.333. The van der Waals surface area contributed by atoms with Crippen LogP contribution in [0.5, 0.6) is 0 Å². The lowest BCUT2D eigenvalue weighted by Gasteiger charge is -2.36. The molecule has 8 nitrogen and oxygen atoms in total. The smallest absolute Gasteiger partial charge is 0.332 e. The Balaban J connectivity index is 1.56. The summed E-state index contributed by atoms with van der Waals surface area (Å²) in [7, 11) is 0. The Labute approximate surface area is 261 Å². The zero-order chi connectivity index (χ0) is 30.6. The summed E-state index contributed by atoms with van der Waals surface area (Å²) in [4.78, 5) is 46.0. The number of rotatable bonds is 10. The maximum atomic E-state index is 14.7. The van der Waals surface area contributed by atoms with Gasteiger partial charge in [0.15, 0.2) is 0 Å². The van der Waals surface area contributed by atoms with Gasteiger partial charge in [-0.25, -0.2) is 9.69 Å². The number of carbonyl (C=O) groups excluding carboxylic acids is 3. The first-order valence-corrected chi connectivity index (χ1v) is 15.1. The number of unbranched alkanes of at least 4 members (excludes halogenated alkanes) is 1. The molecule has 222 valence electrons. The van der Waals surface area contributed by atoms with Crippen LogP contribution >= 0.6 is 23.2 Å². The summed E-state index contributed by atoms with van der Waals surface area (Å²) in [6.45, 7) is 3.75. The minimum Gasteiger partial charge on any atom is -0.466 e. The number of carbonyl (C=O) groups is 3. The van der Waals surface area contributed by atoms with Gasteiger partial charge in [-0.1, -0.05) is 65.7 Å². The molecule has 3 aromatic carbocycles. The molecule has 43 heavy (non-hydrogen) atoms. The maximum absolute atomic E-state index is 14.7. The molecule has 0 saturated carbocycles. The lowest BCUT2D eigenvalue weighted by atomic mass is 9.80. The van der Waals surface area contributed by atoms with Crippen LogP contribution in [0.1, 0.15) is 48.8 Å². The minimum absolute atomic E-state index is 0.226. The molecular formula is C33H32Cl2N4O4. The van der Waals surface area contributed by atoms with Crippen molar-refractivity contribution >= 4 is 46.8 Å². The molecule has 0 N–H and O–H groups in total. The van der Waals surface area contributed by atoms with Crippen LogP contribution in [0.2, 0.25) is 10.0 Å². The summed E-state index contributed by atoms with van der Waals surface area (Å²) >= 11 is 12.6. The van der Waals surface area contributed by atoms with E-state index >= 15 is 0 Å². The molecule has 2 fully saturated rings. The van der Waals surface area contributed by atoms with E-state index in [1.165, 1.54) is 4.90 Å². The van der Waals surface area contributed by atoms with E-state index in [0.717, 1.165) is 11.1 Å². The van der Waals surface area contributed by atoms with E-state index in [4.69, 9.17) is 27.9 Å². The number of imide groups is 1. The topological polar surface area (TPSA) is 93.9 Å². The highest BCUT2D eigenvalue weighted by Gasteiger charge is 2.65. The van der Waals surface area contributed by atoms with E-state index < -0.39 is 11.6 Å². The Bertz CT molecular complexity index is 1520. The first-order chi connectivity index (χ1) is 20.8. The molecule has 2 heterocycles. The summed E-state index contributed by atoms with van der Waals surface area (Å²) < 4.78 is 5.07. The molecule has 2 aliphatic rings. The van der Waals surface area contributed by atoms with Crippen LogP contribution in [0.15, 0.2) is 72.8 Å². The molecule has 0 bridgehead atoms. The molecule has 2 saturated heterocycles. The molecule has 3 aromatic rings. The SMILES string of the molecule is CCOC(=O)CCCCN1C(=O)N(c2cc(Cl)cc(Cl)c2)C(=O)C12CN(Cc1ccccc1)CC2c1ccc(C#N)cc1. The van der Waals surface area contributed by atoms with Crippen LogP contribution < -0.4 is 4.90 Å². The van der Waals surface area contributed by atoms with Gasteiger partial charge in [-0.2, -0.15) is 5.26 Å². The predicted molar refractivity (Wildman–Crippen MR) is 165 cm³/mol. The lowest BCUT2D eigenvalue weighted by molar-refractivity contribution is -0.143. The van der Waals surface area contributed by atoms with E-state index in [1.54, 1.807) is 42.2 Å². The second-order valence-electron chi connectivity index (χ2n) is 10.8. The van der Waals surface area contributed by atoms with Gasteiger partial charge in [0.1, 0.15) is 5.54 Å². The van der Waals surface area contributed by atoms with Crippen LogP contribution in [-0.4, -0.2) is 59.5 Å². The van der Waals surface area contributed by atoms with E-state index in [-0.39, 0.29) is 30.8 Å². The number of nitriles is 1. The van der Waals surface area contributed by atoms with Crippen molar-refractivity contribution in [3.8, 4) is 6.07 Å².